The Labute approximate surface area is 132 Å². The zero-order chi connectivity index (χ0) is 16.0. The average Bonchev–Trinajstić information content (AvgIpc) is 2.53. The van der Waals surface area contributed by atoms with Crippen LogP contribution in [-0.4, -0.2) is 40.2 Å². The third-order valence-corrected chi connectivity index (χ3v) is 4.36. The molecule has 2 rings (SSSR count). The molecule has 0 aromatic heterocycles. The first-order valence-electron chi connectivity index (χ1n) is 7.98. The van der Waals surface area contributed by atoms with E-state index >= 15 is 0 Å². The van der Waals surface area contributed by atoms with Gasteiger partial charge in [0, 0.05) is 13.1 Å². The first kappa shape index (κ1) is 16.7. The third-order valence-electron chi connectivity index (χ3n) is 4.36. The smallest absolute Gasteiger partial charge is 0.324 e. The molecule has 1 atom stereocenters. The number of carbonyl (C=O) groups is 1. The molecule has 0 saturated carbocycles. The zero-order valence-electron chi connectivity index (χ0n) is 13.1. The second-order valence-corrected chi connectivity index (χ2v) is 5.93. The summed E-state index contributed by atoms with van der Waals surface area (Å²) in [6, 6.07) is 9.06. The number of hydrogen-bond donors (Lipinski definition) is 2. The summed E-state index contributed by atoms with van der Waals surface area (Å²) in [5, 5.41) is 20.2. The van der Waals surface area contributed by atoms with Crippen molar-refractivity contribution in [2.45, 2.75) is 44.2 Å². The van der Waals surface area contributed by atoms with Crippen molar-refractivity contribution in [2.24, 2.45) is 0 Å². The van der Waals surface area contributed by atoms with Crippen molar-refractivity contribution in [1.29, 1.82) is 0 Å². The van der Waals surface area contributed by atoms with E-state index in [4.69, 9.17) is 0 Å². The van der Waals surface area contributed by atoms with Crippen LogP contribution in [0.3, 0.4) is 0 Å². The number of hydrogen-bond acceptors (Lipinski definition) is 3. The Morgan fingerprint density at radius 1 is 1.32 bits per heavy atom. The normalized spacial score (nSPS) is 20.1. The Kier molecular flexibility index (Phi) is 5.75. The summed E-state index contributed by atoms with van der Waals surface area (Å²) in [5.41, 5.74) is 0.0802. The van der Waals surface area contributed by atoms with Crippen molar-refractivity contribution in [3.63, 3.8) is 0 Å². The highest BCUT2D eigenvalue weighted by Gasteiger charge is 2.36. The molecule has 2 N–H and O–H groups in total. The van der Waals surface area contributed by atoms with E-state index in [0.717, 1.165) is 18.4 Å². The van der Waals surface area contributed by atoms with E-state index in [1.165, 1.54) is 0 Å². The van der Waals surface area contributed by atoms with Crippen LogP contribution in [0.25, 0.3) is 0 Å². The van der Waals surface area contributed by atoms with Crippen molar-refractivity contribution in [2.75, 3.05) is 13.1 Å². The van der Waals surface area contributed by atoms with E-state index in [1.54, 1.807) is 6.08 Å². The fourth-order valence-corrected chi connectivity index (χ4v) is 2.96. The van der Waals surface area contributed by atoms with E-state index in [1.807, 2.05) is 41.3 Å². The van der Waals surface area contributed by atoms with E-state index in [2.05, 4.69) is 6.92 Å². The molecule has 1 aliphatic rings. The summed E-state index contributed by atoms with van der Waals surface area (Å²) < 4.78 is 0. The molecule has 0 aliphatic carbocycles. The molecule has 1 aliphatic heterocycles. The van der Waals surface area contributed by atoms with Crippen LogP contribution in [0.2, 0.25) is 0 Å². The Balaban J connectivity index is 2.02. The molecule has 0 radical (unpaired) electrons. The molecule has 1 aromatic carbocycles. The number of carboxylic acids is 1. The van der Waals surface area contributed by atoms with Gasteiger partial charge in [0.2, 0.25) is 0 Å². The van der Waals surface area contributed by atoms with Gasteiger partial charge in [-0.15, -0.1) is 0 Å². The lowest BCUT2D eigenvalue weighted by Crippen LogP contribution is -2.49. The van der Waals surface area contributed by atoms with Crippen molar-refractivity contribution < 1.29 is 15.0 Å². The highest BCUT2D eigenvalue weighted by Crippen LogP contribution is 2.33. The summed E-state index contributed by atoms with van der Waals surface area (Å²) in [6.45, 7) is 3.23. The fraction of sp³-hybridized carbons (Fsp3) is 0.500. The van der Waals surface area contributed by atoms with Crippen LogP contribution in [-0.2, 0) is 10.4 Å². The zero-order valence-corrected chi connectivity index (χ0v) is 13.1. The van der Waals surface area contributed by atoms with Gasteiger partial charge < -0.3 is 10.2 Å². The van der Waals surface area contributed by atoms with Gasteiger partial charge in [-0.1, -0.05) is 55.8 Å². The van der Waals surface area contributed by atoms with Crippen molar-refractivity contribution in [1.82, 2.24) is 4.90 Å². The largest absolute Gasteiger partial charge is 0.480 e. The van der Waals surface area contributed by atoms with E-state index in [-0.39, 0.29) is 0 Å². The first-order valence-corrected chi connectivity index (χ1v) is 7.98. The van der Waals surface area contributed by atoms with Crippen LogP contribution in [0.4, 0.5) is 0 Å². The molecule has 0 bridgehead atoms. The van der Waals surface area contributed by atoms with Gasteiger partial charge in [0.25, 0.3) is 0 Å². The van der Waals surface area contributed by atoms with Crippen LogP contribution in [0.1, 0.15) is 38.2 Å². The molecule has 4 heteroatoms. The number of benzene rings is 1. The lowest BCUT2D eigenvalue weighted by molar-refractivity contribution is -0.143. The predicted octanol–water partition coefficient (Wildman–Crippen LogP) is 2.78. The number of carboxylic acid groups (broad SMARTS) is 1. The Hall–Kier alpha value is -1.65. The monoisotopic (exact) mass is 303 g/mol. The summed E-state index contributed by atoms with van der Waals surface area (Å²) in [5.74, 6) is -0.822. The fourth-order valence-electron chi connectivity index (χ4n) is 2.96. The van der Waals surface area contributed by atoms with Gasteiger partial charge in [-0.2, -0.15) is 0 Å². The van der Waals surface area contributed by atoms with Gasteiger partial charge in [-0.05, 0) is 24.8 Å². The van der Waals surface area contributed by atoms with Gasteiger partial charge in [-0.3, -0.25) is 9.69 Å². The van der Waals surface area contributed by atoms with Crippen LogP contribution < -0.4 is 0 Å². The lowest BCUT2D eigenvalue weighted by atomic mass is 9.84. The maximum absolute atomic E-state index is 11.5. The maximum Gasteiger partial charge on any atom is 0.324 e. The van der Waals surface area contributed by atoms with Crippen molar-refractivity contribution in [3.05, 3.63) is 48.0 Å². The minimum Gasteiger partial charge on any atom is -0.480 e. The van der Waals surface area contributed by atoms with E-state index < -0.39 is 17.6 Å². The third kappa shape index (κ3) is 3.96. The molecule has 1 saturated heterocycles. The van der Waals surface area contributed by atoms with Gasteiger partial charge in [0.15, 0.2) is 0 Å². The standard InChI is InChI=1S/C18H25NO3/c1-2-3-5-10-16(17(20)21)19-13-11-18(22,12-14-19)15-8-6-4-7-9-15/h4-10,16,22H,2-3,11-14H2,1H3,(H,20,21). The molecule has 0 amide bonds. The second-order valence-electron chi connectivity index (χ2n) is 5.93. The molecule has 22 heavy (non-hydrogen) atoms. The number of allylic oxidation sites excluding steroid dienone is 1. The van der Waals surface area contributed by atoms with Gasteiger partial charge in [0.05, 0.1) is 5.60 Å². The molecule has 4 nitrogen and oxygen atoms in total. The lowest BCUT2D eigenvalue weighted by Gasteiger charge is -2.40. The SMILES string of the molecule is CCCC=CC(C(=O)O)N1CCC(O)(c2ccccc2)CC1. The minimum atomic E-state index is -0.839. The number of aliphatic carboxylic acids is 1. The van der Waals surface area contributed by atoms with E-state index in [0.29, 0.717) is 25.9 Å². The number of likely N-dealkylation sites (tertiary alicyclic amines) is 1. The second kappa shape index (κ2) is 7.56. The van der Waals surface area contributed by atoms with Gasteiger partial charge in [0.1, 0.15) is 6.04 Å². The van der Waals surface area contributed by atoms with Crippen LogP contribution >= 0.6 is 0 Å². The Bertz CT molecular complexity index is 504. The molecular formula is C18H25NO3. The Morgan fingerprint density at radius 3 is 2.50 bits per heavy atom. The summed E-state index contributed by atoms with van der Waals surface area (Å²) in [4.78, 5) is 13.4. The molecule has 1 fully saturated rings. The highest BCUT2D eigenvalue weighted by molar-refractivity contribution is 5.75. The Morgan fingerprint density at radius 2 is 1.95 bits per heavy atom. The number of unbranched alkanes of at least 4 members (excludes halogenated alkanes) is 1. The molecule has 0 spiro atoms. The number of aliphatic hydroxyl groups is 1. The summed E-state index contributed by atoms with van der Waals surface area (Å²) >= 11 is 0. The van der Waals surface area contributed by atoms with E-state index in [9.17, 15) is 15.0 Å². The molecule has 1 unspecified atom stereocenters. The molecular weight excluding hydrogens is 278 g/mol. The van der Waals surface area contributed by atoms with Crippen LogP contribution in [0, 0.1) is 0 Å². The van der Waals surface area contributed by atoms with Gasteiger partial charge in [-0.25, -0.2) is 0 Å². The topological polar surface area (TPSA) is 60.8 Å². The van der Waals surface area contributed by atoms with Gasteiger partial charge >= 0.3 is 5.97 Å². The minimum absolute atomic E-state index is 0.558. The van der Waals surface area contributed by atoms with Crippen LogP contribution in [0.15, 0.2) is 42.5 Å². The number of nitrogens with zero attached hydrogens (tertiary/aromatic N) is 1. The highest BCUT2D eigenvalue weighted by atomic mass is 16.4. The maximum atomic E-state index is 11.5. The number of rotatable bonds is 6. The quantitative estimate of drug-likeness (QED) is 0.793. The molecule has 1 aromatic rings. The molecule has 1 heterocycles. The van der Waals surface area contributed by atoms with Crippen molar-refractivity contribution in [3.8, 4) is 0 Å². The summed E-state index contributed by atoms with van der Waals surface area (Å²) in [7, 11) is 0. The predicted molar refractivity (Wildman–Crippen MR) is 86.6 cm³/mol. The number of piperidine rings is 1. The van der Waals surface area contributed by atoms with Crippen LogP contribution in [0.5, 0.6) is 0 Å². The van der Waals surface area contributed by atoms with Crippen molar-refractivity contribution >= 4 is 5.97 Å². The molecule has 120 valence electrons. The average molecular weight is 303 g/mol. The first-order chi connectivity index (χ1) is 10.6. The summed E-state index contributed by atoms with van der Waals surface area (Å²) in [6.07, 6.45) is 6.74.